The minimum absolute atomic E-state index is 0. The summed E-state index contributed by atoms with van der Waals surface area (Å²) in [5.41, 5.74) is 0. The van der Waals surface area contributed by atoms with Crippen molar-refractivity contribution >= 4 is 60.8 Å². The van der Waals surface area contributed by atoms with E-state index in [1.54, 1.807) is 0 Å². The quantitative estimate of drug-likeness (QED) is 0.509. The van der Waals surface area contributed by atoms with E-state index >= 15 is 0 Å². The summed E-state index contributed by atoms with van der Waals surface area (Å²) in [5, 5.41) is 17.8. The summed E-state index contributed by atoms with van der Waals surface area (Å²) in [4.78, 5) is 17.8. The van der Waals surface area contributed by atoms with E-state index in [1.807, 2.05) is 0 Å². The van der Waals surface area contributed by atoms with Gasteiger partial charge in [0.1, 0.15) is 13.3 Å². The zero-order valence-corrected chi connectivity index (χ0v) is 9.95. The van der Waals surface area contributed by atoms with Crippen molar-refractivity contribution in [3.05, 3.63) is 0 Å². The smallest absolute Gasteiger partial charge is 0.547 e. The Hall–Kier alpha value is 0.371. The molecule has 0 radical (unpaired) electrons. The molecule has 0 unspecified atom stereocenters. The number of carbonyl (C=O) groups excluding carboxylic acids is 2. The Labute approximate surface area is 102 Å². The third kappa shape index (κ3) is 38.0. The molecule has 0 aromatic heterocycles. The first-order chi connectivity index (χ1) is 4.54. The minimum atomic E-state index is -1.66. The van der Waals surface area contributed by atoms with Crippen molar-refractivity contribution in [2.75, 3.05) is 13.3 Å². The van der Waals surface area contributed by atoms with Gasteiger partial charge in [0.25, 0.3) is 0 Å². The van der Waals surface area contributed by atoms with Crippen molar-refractivity contribution in [1.82, 2.24) is 0 Å². The van der Waals surface area contributed by atoms with Crippen LogP contribution in [0, 0.1) is 0 Å². The molecule has 0 fully saturated rings. The molecule has 0 spiro atoms. The van der Waals surface area contributed by atoms with Crippen LogP contribution in [0.5, 0.6) is 0 Å². The maximum Gasteiger partial charge on any atom is 2.00 e. The van der Waals surface area contributed by atoms with Crippen LogP contribution < -0.4 is 10.2 Å². The van der Waals surface area contributed by atoms with Crippen molar-refractivity contribution in [3.63, 3.8) is 0 Å². The monoisotopic (exact) mass is 292 g/mol. The molecule has 11 heavy (non-hydrogen) atoms. The average molecular weight is 291 g/mol. The molecule has 7 heteroatoms. The second-order valence-electron chi connectivity index (χ2n) is 1.01. The fourth-order valence-corrected chi connectivity index (χ4v) is 0. The number of alkyl halides is 2. The number of hydrogen-bond acceptors (Lipinski definition) is 4. The minimum Gasteiger partial charge on any atom is -0.547 e. The van der Waals surface area contributed by atoms with Crippen LogP contribution in [-0.4, -0.2) is 74.2 Å². The standard InChI is InChI=1S/2C2H3FO2.Ba/c2*3-1-2(4)5;/h2*1H2,(H,4,5);/q;;+2/p-2. The van der Waals surface area contributed by atoms with E-state index in [2.05, 4.69) is 0 Å². The molecule has 0 bridgehead atoms. The van der Waals surface area contributed by atoms with Gasteiger partial charge in [0, 0.05) is 0 Å². The predicted octanol–water partition coefficient (Wildman–Crippen LogP) is -2.97. The molecule has 0 aliphatic rings. The van der Waals surface area contributed by atoms with Gasteiger partial charge < -0.3 is 19.8 Å². The Balaban J connectivity index is -0.000000107. The van der Waals surface area contributed by atoms with Crippen LogP contribution in [0.15, 0.2) is 0 Å². The summed E-state index contributed by atoms with van der Waals surface area (Å²) in [7, 11) is 0. The van der Waals surface area contributed by atoms with Gasteiger partial charge in [0.05, 0.1) is 11.9 Å². The van der Waals surface area contributed by atoms with Gasteiger partial charge in [-0.3, -0.25) is 0 Å². The molecule has 0 aliphatic carbocycles. The Morgan fingerprint density at radius 3 is 1.09 bits per heavy atom. The van der Waals surface area contributed by atoms with Crippen molar-refractivity contribution in [2.45, 2.75) is 0 Å². The van der Waals surface area contributed by atoms with Gasteiger partial charge in [0.2, 0.25) is 0 Å². The number of rotatable bonds is 2. The zero-order valence-electron chi connectivity index (χ0n) is 5.51. The van der Waals surface area contributed by atoms with Crippen LogP contribution in [0.1, 0.15) is 0 Å². The Bertz CT molecular complexity index is 105. The van der Waals surface area contributed by atoms with E-state index in [0.717, 1.165) is 0 Å². The maximum atomic E-state index is 10.5. The van der Waals surface area contributed by atoms with Crippen molar-refractivity contribution < 1.29 is 28.6 Å². The summed E-state index contributed by atoms with van der Waals surface area (Å²) in [6.45, 7) is -2.78. The number of hydrogen-bond donors (Lipinski definition) is 0. The van der Waals surface area contributed by atoms with Crippen LogP contribution in [0.3, 0.4) is 0 Å². The summed E-state index contributed by atoms with van der Waals surface area (Å²) >= 11 is 0. The Morgan fingerprint density at radius 2 is 1.09 bits per heavy atom. The molecule has 0 aromatic rings. The van der Waals surface area contributed by atoms with Gasteiger partial charge in [-0.05, 0) is 0 Å². The molecule has 0 aliphatic heterocycles. The van der Waals surface area contributed by atoms with E-state index in [-0.39, 0.29) is 48.9 Å². The van der Waals surface area contributed by atoms with Gasteiger partial charge in [0.15, 0.2) is 0 Å². The zero-order chi connectivity index (χ0) is 8.57. The van der Waals surface area contributed by atoms with Crippen LogP contribution in [-0.2, 0) is 9.59 Å². The normalized spacial score (nSPS) is 6.73. The third-order valence-electron chi connectivity index (χ3n) is 0.218. The molecule has 4 nitrogen and oxygen atoms in total. The summed E-state index contributed by atoms with van der Waals surface area (Å²) in [6.07, 6.45) is 0. The van der Waals surface area contributed by atoms with E-state index in [4.69, 9.17) is 19.8 Å². The number of carboxylic acid groups (broad SMARTS) is 2. The fourth-order valence-electron chi connectivity index (χ4n) is 0. The molecule has 0 saturated heterocycles. The van der Waals surface area contributed by atoms with Crippen LogP contribution in [0.4, 0.5) is 8.78 Å². The molecule has 60 valence electrons. The van der Waals surface area contributed by atoms with Crippen molar-refractivity contribution in [1.29, 1.82) is 0 Å². The molecular weight excluding hydrogens is 287 g/mol. The Kier molecular flexibility index (Phi) is 20.6. The summed E-state index contributed by atoms with van der Waals surface area (Å²) < 4.78 is 20.9. The van der Waals surface area contributed by atoms with Gasteiger partial charge in [-0.25, -0.2) is 8.78 Å². The van der Waals surface area contributed by atoms with Gasteiger partial charge in [-0.2, -0.15) is 0 Å². The largest absolute Gasteiger partial charge is 2.00 e. The molecule has 0 N–H and O–H groups in total. The van der Waals surface area contributed by atoms with Crippen molar-refractivity contribution in [3.8, 4) is 0 Å². The molecule has 0 rings (SSSR count). The predicted molar refractivity (Wildman–Crippen MR) is 27.7 cm³/mol. The summed E-state index contributed by atoms with van der Waals surface area (Å²) in [5.74, 6) is -3.32. The molecule has 0 heterocycles. The topological polar surface area (TPSA) is 80.3 Å². The van der Waals surface area contributed by atoms with Crippen LogP contribution in [0.25, 0.3) is 0 Å². The summed E-state index contributed by atoms with van der Waals surface area (Å²) in [6, 6.07) is 0. The van der Waals surface area contributed by atoms with Gasteiger partial charge in [-0.1, -0.05) is 0 Å². The van der Waals surface area contributed by atoms with E-state index in [1.165, 1.54) is 0 Å². The number of carboxylic acids is 2. The Morgan fingerprint density at radius 1 is 1.00 bits per heavy atom. The van der Waals surface area contributed by atoms with E-state index in [9.17, 15) is 8.78 Å². The van der Waals surface area contributed by atoms with E-state index in [0.29, 0.717) is 0 Å². The van der Waals surface area contributed by atoms with E-state index < -0.39 is 25.3 Å². The van der Waals surface area contributed by atoms with Gasteiger partial charge >= 0.3 is 48.9 Å². The second kappa shape index (κ2) is 13.0. The molecule has 0 saturated carbocycles. The number of aliphatic carboxylic acids is 2. The van der Waals surface area contributed by atoms with Crippen LogP contribution >= 0.6 is 0 Å². The van der Waals surface area contributed by atoms with Crippen LogP contribution in [0.2, 0.25) is 0 Å². The fraction of sp³-hybridized carbons (Fsp3) is 0.500. The third-order valence-corrected chi connectivity index (χ3v) is 0.218. The molecule has 0 amide bonds. The first-order valence-electron chi connectivity index (χ1n) is 2.06. The first kappa shape index (κ1) is 17.5. The van der Waals surface area contributed by atoms with Crippen molar-refractivity contribution in [2.24, 2.45) is 0 Å². The molecule has 0 atom stereocenters. The average Bonchev–Trinajstić information content (AvgIpc) is 1.89. The number of halogens is 2. The van der Waals surface area contributed by atoms with Gasteiger partial charge in [-0.15, -0.1) is 0 Å². The maximum absolute atomic E-state index is 10.5. The SMILES string of the molecule is O=C([O-])CF.O=C([O-])CF.[Ba+2]. The second-order valence-corrected chi connectivity index (χ2v) is 1.01. The molecule has 0 aromatic carbocycles. The molecular formula is C4H4BaF2O4. The first-order valence-corrected chi connectivity index (χ1v) is 2.06. The number of carbonyl (C=O) groups is 2.